The van der Waals surface area contributed by atoms with Crippen molar-refractivity contribution < 1.29 is 14.0 Å². The normalized spacial score (nSPS) is 16.0. The first-order valence-electron chi connectivity index (χ1n) is 7.92. The van der Waals surface area contributed by atoms with Crippen LogP contribution < -0.4 is 10.2 Å². The smallest absolute Gasteiger partial charge is 0.243 e. The van der Waals surface area contributed by atoms with Crippen molar-refractivity contribution in [2.24, 2.45) is 0 Å². The van der Waals surface area contributed by atoms with Crippen LogP contribution in [0.5, 0.6) is 0 Å². The molecule has 2 heterocycles. The highest BCUT2D eigenvalue weighted by atomic mass is 32.2. The van der Waals surface area contributed by atoms with E-state index >= 15 is 0 Å². The molecule has 1 aliphatic heterocycles. The molecule has 1 N–H and O–H groups in total. The van der Waals surface area contributed by atoms with E-state index in [0.29, 0.717) is 13.0 Å². The molecule has 0 radical (unpaired) electrons. The van der Waals surface area contributed by atoms with E-state index < -0.39 is 6.04 Å². The molecule has 2 amide bonds. The summed E-state index contributed by atoms with van der Waals surface area (Å²) in [5, 5.41) is 2.94. The zero-order valence-corrected chi connectivity index (χ0v) is 14.3. The van der Waals surface area contributed by atoms with Gasteiger partial charge in [-0.2, -0.15) is 11.8 Å². The lowest BCUT2D eigenvalue weighted by molar-refractivity contribution is -0.125. The number of thioether (sulfide) groups is 1. The summed E-state index contributed by atoms with van der Waals surface area (Å²) in [5.74, 6) is 2.32. The minimum atomic E-state index is -0.449. The van der Waals surface area contributed by atoms with Gasteiger partial charge in [0.25, 0.3) is 0 Å². The minimum absolute atomic E-state index is 0.0972. The van der Waals surface area contributed by atoms with Crippen molar-refractivity contribution in [1.82, 2.24) is 5.32 Å². The second-order valence-electron chi connectivity index (χ2n) is 5.66. The highest BCUT2D eigenvalue weighted by Crippen LogP contribution is 2.32. The molecule has 1 aromatic heterocycles. The van der Waals surface area contributed by atoms with Crippen LogP contribution in [0.1, 0.15) is 18.2 Å². The fourth-order valence-electron chi connectivity index (χ4n) is 2.92. The largest absolute Gasteiger partial charge is 0.468 e. The number of hydrogen-bond acceptors (Lipinski definition) is 4. The quantitative estimate of drug-likeness (QED) is 0.818. The first-order valence-corrected chi connectivity index (χ1v) is 9.08. The summed E-state index contributed by atoms with van der Waals surface area (Å²) in [6, 6.07) is 11.0. The van der Waals surface area contributed by atoms with Gasteiger partial charge in [-0.1, -0.05) is 18.2 Å². The molecule has 0 fully saturated rings. The molecule has 0 bridgehead atoms. The Morgan fingerprint density at radius 2 is 2.12 bits per heavy atom. The Bertz CT molecular complexity index is 715. The number of fused-ring (bicyclic) bond motifs is 1. The number of para-hydroxylation sites is 1. The SMILES string of the molecule is CC(=O)N1c2ccccc2C[C@H]1C(=O)NCCSCc1ccco1. The van der Waals surface area contributed by atoms with Crippen molar-refractivity contribution >= 4 is 29.3 Å². The lowest BCUT2D eigenvalue weighted by Gasteiger charge is -2.23. The molecule has 6 heteroatoms. The molecule has 0 unspecified atom stereocenters. The molecule has 1 atom stereocenters. The maximum absolute atomic E-state index is 12.5. The van der Waals surface area contributed by atoms with Gasteiger partial charge in [0.15, 0.2) is 0 Å². The van der Waals surface area contributed by atoms with Gasteiger partial charge in [0.1, 0.15) is 11.8 Å². The van der Waals surface area contributed by atoms with Crippen LogP contribution in [0.15, 0.2) is 47.1 Å². The average molecular weight is 344 g/mol. The molecule has 0 spiro atoms. The minimum Gasteiger partial charge on any atom is -0.468 e. The molecule has 0 saturated carbocycles. The van der Waals surface area contributed by atoms with Crippen LogP contribution in [-0.4, -0.2) is 30.2 Å². The van der Waals surface area contributed by atoms with E-state index in [9.17, 15) is 9.59 Å². The number of amides is 2. The van der Waals surface area contributed by atoms with Crippen molar-refractivity contribution in [3.8, 4) is 0 Å². The highest BCUT2D eigenvalue weighted by molar-refractivity contribution is 7.98. The molecule has 0 aliphatic carbocycles. The number of hydrogen-bond donors (Lipinski definition) is 1. The van der Waals surface area contributed by atoms with E-state index in [2.05, 4.69) is 5.32 Å². The summed E-state index contributed by atoms with van der Waals surface area (Å²) in [5.41, 5.74) is 1.89. The zero-order valence-electron chi connectivity index (χ0n) is 13.5. The summed E-state index contributed by atoms with van der Waals surface area (Å²) in [7, 11) is 0. The van der Waals surface area contributed by atoms with Crippen LogP contribution in [0.4, 0.5) is 5.69 Å². The number of carbonyl (C=O) groups is 2. The Labute approximate surface area is 145 Å². The third-order valence-electron chi connectivity index (χ3n) is 3.99. The number of anilines is 1. The van der Waals surface area contributed by atoms with Crippen molar-refractivity contribution in [2.45, 2.75) is 25.1 Å². The first kappa shape index (κ1) is 16.6. The fraction of sp³-hybridized carbons (Fsp3) is 0.333. The summed E-state index contributed by atoms with van der Waals surface area (Å²) in [6.45, 7) is 2.07. The second kappa shape index (κ2) is 7.57. The van der Waals surface area contributed by atoms with Gasteiger partial charge in [0, 0.05) is 31.3 Å². The van der Waals surface area contributed by atoms with Crippen LogP contribution in [0.3, 0.4) is 0 Å². The van der Waals surface area contributed by atoms with Gasteiger partial charge >= 0.3 is 0 Å². The Hall–Kier alpha value is -2.21. The van der Waals surface area contributed by atoms with Gasteiger partial charge in [-0.3, -0.25) is 14.5 Å². The van der Waals surface area contributed by atoms with E-state index in [-0.39, 0.29) is 11.8 Å². The summed E-state index contributed by atoms with van der Waals surface area (Å²) >= 11 is 1.70. The van der Waals surface area contributed by atoms with Crippen LogP contribution >= 0.6 is 11.8 Å². The van der Waals surface area contributed by atoms with Crippen LogP contribution in [-0.2, 0) is 21.8 Å². The Morgan fingerprint density at radius 3 is 2.88 bits per heavy atom. The molecular formula is C18H20N2O3S. The van der Waals surface area contributed by atoms with Gasteiger partial charge in [-0.25, -0.2) is 0 Å². The van der Waals surface area contributed by atoms with Gasteiger partial charge in [-0.15, -0.1) is 0 Å². The van der Waals surface area contributed by atoms with E-state index in [1.165, 1.54) is 6.92 Å². The third kappa shape index (κ3) is 3.64. The van der Waals surface area contributed by atoms with Gasteiger partial charge < -0.3 is 9.73 Å². The van der Waals surface area contributed by atoms with Crippen molar-refractivity contribution in [2.75, 3.05) is 17.2 Å². The molecule has 3 rings (SSSR count). The van der Waals surface area contributed by atoms with E-state index in [4.69, 9.17) is 4.42 Å². The molecule has 24 heavy (non-hydrogen) atoms. The molecule has 5 nitrogen and oxygen atoms in total. The zero-order chi connectivity index (χ0) is 16.9. The summed E-state index contributed by atoms with van der Waals surface area (Å²) < 4.78 is 5.27. The van der Waals surface area contributed by atoms with Crippen LogP contribution in [0.2, 0.25) is 0 Å². The van der Waals surface area contributed by atoms with Gasteiger partial charge in [-0.05, 0) is 23.8 Å². The summed E-state index contributed by atoms with van der Waals surface area (Å²) in [6.07, 6.45) is 2.23. The second-order valence-corrected chi connectivity index (χ2v) is 6.77. The lowest BCUT2D eigenvalue weighted by Crippen LogP contribution is -2.47. The Kier molecular flexibility index (Phi) is 5.25. The van der Waals surface area contributed by atoms with E-state index in [1.807, 2.05) is 36.4 Å². The molecule has 0 saturated heterocycles. The van der Waals surface area contributed by atoms with Crippen LogP contribution in [0, 0.1) is 0 Å². The maximum atomic E-state index is 12.5. The molecule has 2 aromatic rings. The third-order valence-corrected chi connectivity index (χ3v) is 4.97. The Morgan fingerprint density at radius 1 is 1.29 bits per heavy atom. The average Bonchev–Trinajstić information content (AvgIpc) is 3.21. The standard InChI is InChI=1S/C18H20N2O3S/c1-13(21)20-16-7-3-2-5-14(16)11-17(20)18(22)19-8-10-24-12-15-6-4-9-23-15/h2-7,9,17H,8,10-12H2,1H3,(H,19,22)/t17-/m0/s1. The van der Waals surface area contributed by atoms with E-state index in [0.717, 1.165) is 28.5 Å². The predicted octanol–water partition coefficient (Wildman–Crippen LogP) is 2.61. The number of carbonyl (C=O) groups excluding carboxylic acids is 2. The monoisotopic (exact) mass is 344 g/mol. The summed E-state index contributed by atoms with van der Waals surface area (Å²) in [4.78, 5) is 26.0. The van der Waals surface area contributed by atoms with Gasteiger partial charge in [0.2, 0.25) is 11.8 Å². The number of rotatable bonds is 6. The van der Waals surface area contributed by atoms with Crippen molar-refractivity contribution in [3.05, 3.63) is 54.0 Å². The highest BCUT2D eigenvalue weighted by Gasteiger charge is 2.36. The molecule has 1 aromatic carbocycles. The van der Waals surface area contributed by atoms with E-state index in [1.54, 1.807) is 22.9 Å². The maximum Gasteiger partial charge on any atom is 0.243 e. The molecule has 126 valence electrons. The Balaban J connectivity index is 1.50. The number of nitrogens with one attached hydrogen (secondary N) is 1. The van der Waals surface area contributed by atoms with Crippen LogP contribution in [0.25, 0.3) is 0 Å². The number of benzene rings is 1. The number of furan rings is 1. The van der Waals surface area contributed by atoms with Crippen molar-refractivity contribution in [1.29, 1.82) is 0 Å². The topological polar surface area (TPSA) is 62.6 Å². The molecular weight excluding hydrogens is 324 g/mol. The predicted molar refractivity (Wildman–Crippen MR) is 95.0 cm³/mol. The fourth-order valence-corrected chi connectivity index (χ4v) is 3.67. The lowest BCUT2D eigenvalue weighted by atomic mass is 10.1. The van der Waals surface area contributed by atoms with Crippen molar-refractivity contribution in [3.63, 3.8) is 0 Å². The number of nitrogens with zero attached hydrogens (tertiary/aromatic N) is 1. The van der Waals surface area contributed by atoms with Gasteiger partial charge in [0.05, 0.1) is 12.0 Å². The first-order chi connectivity index (χ1) is 11.7. The molecule has 1 aliphatic rings.